The lowest BCUT2D eigenvalue weighted by Gasteiger charge is -1.95. The van der Waals surface area contributed by atoms with Crippen molar-refractivity contribution in [3.8, 4) is 0 Å². The molecule has 0 saturated carbocycles. The molecule has 0 fully saturated rings. The minimum atomic E-state index is -0.987. The molecule has 16 heavy (non-hydrogen) atoms. The molecule has 0 aromatic heterocycles. The Kier molecular flexibility index (Phi) is 10.3. The van der Waals surface area contributed by atoms with Crippen LogP contribution in [-0.2, 0) is 14.3 Å². The number of aliphatic carboxylic acids is 1. The molecule has 0 atom stereocenters. The van der Waals surface area contributed by atoms with Gasteiger partial charge in [0.1, 0.15) is 0 Å². The molecule has 3 N–H and O–H groups in total. The van der Waals surface area contributed by atoms with Crippen molar-refractivity contribution >= 4 is 11.9 Å². The van der Waals surface area contributed by atoms with Crippen molar-refractivity contribution < 1.29 is 29.6 Å². The molecule has 0 radical (unpaired) electrons. The number of esters is 1. The molecule has 0 aliphatic rings. The summed E-state index contributed by atoms with van der Waals surface area (Å²) >= 11 is 0. The van der Waals surface area contributed by atoms with Gasteiger partial charge < -0.3 is 20.1 Å². The van der Waals surface area contributed by atoms with Gasteiger partial charge in [-0.05, 0) is 19.9 Å². The van der Waals surface area contributed by atoms with E-state index in [1.54, 1.807) is 0 Å². The normalized spacial score (nSPS) is 9.88. The number of aliphatic hydroxyl groups excluding tert-OH is 2. The summed E-state index contributed by atoms with van der Waals surface area (Å²) in [6, 6.07) is 0. The molecule has 0 heterocycles. The van der Waals surface area contributed by atoms with Crippen LogP contribution in [0, 0.1) is 0 Å². The van der Waals surface area contributed by atoms with E-state index < -0.39 is 18.7 Å². The SMILES string of the molecule is C=C(C)C(=O)OCO.CC(=CCO)C(=O)O. The Morgan fingerprint density at radius 3 is 1.94 bits per heavy atom. The van der Waals surface area contributed by atoms with Crippen molar-refractivity contribution in [2.75, 3.05) is 13.4 Å². The largest absolute Gasteiger partial charge is 0.478 e. The Balaban J connectivity index is 0. The van der Waals surface area contributed by atoms with Gasteiger partial charge in [0, 0.05) is 11.1 Å². The lowest BCUT2D eigenvalue weighted by atomic mass is 10.3. The van der Waals surface area contributed by atoms with Crippen LogP contribution in [0.3, 0.4) is 0 Å². The summed E-state index contributed by atoms with van der Waals surface area (Å²) in [5, 5.41) is 24.3. The maximum Gasteiger partial charge on any atom is 0.335 e. The van der Waals surface area contributed by atoms with Crippen molar-refractivity contribution in [1.29, 1.82) is 0 Å². The highest BCUT2D eigenvalue weighted by atomic mass is 16.6. The molecule has 6 heteroatoms. The fourth-order valence-electron chi connectivity index (χ4n) is 0.406. The first kappa shape index (κ1) is 16.8. The van der Waals surface area contributed by atoms with Crippen molar-refractivity contribution in [2.45, 2.75) is 13.8 Å². The van der Waals surface area contributed by atoms with Gasteiger partial charge >= 0.3 is 11.9 Å². The van der Waals surface area contributed by atoms with Gasteiger partial charge in [0.15, 0.2) is 6.79 Å². The summed E-state index contributed by atoms with van der Waals surface area (Å²) in [4.78, 5) is 20.2. The second-order valence-corrected chi connectivity index (χ2v) is 2.72. The van der Waals surface area contributed by atoms with Crippen LogP contribution in [0.1, 0.15) is 13.8 Å². The minimum Gasteiger partial charge on any atom is -0.478 e. The van der Waals surface area contributed by atoms with Crippen LogP contribution in [-0.4, -0.2) is 40.7 Å². The van der Waals surface area contributed by atoms with E-state index >= 15 is 0 Å². The Labute approximate surface area is 93.5 Å². The van der Waals surface area contributed by atoms with E-state index in [0.717, 1.165) is 0 Å². The number of hydrogen-bond donors (Lipinski definition) is 3. The highest BCUT2D eigenvalue weighted by molar-refractivity contribution is 5.86. The van der Waals surface area contributed by atoms with Crippen LogP contribution in [0.4, 0.5) is 0 Å². The van der Waals surface area contributed by atoms with E-state index in [1.807, 2.05) is 0 Å². The van der Waals surface area contributed by atoms with E-state index in [-0.39, 0.29) is 12.2 Å². The van der Waals surface area contributed by atoms with Gasteiger partial charge in [0.05, 0.1) is 6.61 Å². The van der Waals surface area contributed by atoms with Crippen LogP contribution in [0.15, 0.2) is 23.8 Å². The number of carboxylic acid groups (broad SMARTS) is 1. The van der Waals surface area contributed by atoms with Crippen LogP contribution in [0.25, 0.3) is 0 Å². The highest BCUT2D eigenvalue weighted by Crippen LogP contribution is 1.89. The molecule has 0 aromatic carbocycles. The van der Waals surface area contributed by atoms with Crippen molar-refractivity contribution in [3.63, 3.8) is 0 Å². The summed E-state index contributed by atoms with van der Waals surface area (Å²) in [6.07, 6.45) is 1.24. The summed E-state index contributed by atoms with van der Waals surface area (Å²) in [5.41, 5.74) is 0.464. The van der Waals surface area contributed by atoms with E-state index in [0.29, 0.717) is 5.57 Å². The first-order valence-electron chi connectivity index (χ1n) is 4.31. The molecule has 0 spiro atoms. The molecule has 0 rings (SSSR count). The van der Waals surface area contributed by atoms with Crippen molar-refractivity contribution in [2.24, 2.45) is 0 Å². The van der Waals surface area contributed by atoms with Gasteiger partial charge in [0.2, 0.25) is 0 Å². The third-order valence-corrected chi connectivity index (χ3v) is 1.28. The lowest BCUT2D eigenvalue weighted by Crippen LogP contribution is -2.04. The van der Waals surface area contributed by atoms with Gasteiger partial charge in [-0.2, -0.15) is 0 Å². The van der Waals surface area contributed by atoms with Gasteiger partial charge in [-0.1, -0.05) is 6.58 Å². The van der Waals surface area contributed by atoms with Gasteiger partial charge in [-0.15, -0.1) is 0 Å². The van der Waals surface area contributed by atoms with Gasteiger partial charge in [-0.3, -0.25) is 0 Å². The summed E-state index contributed by atoms with van der Waals surface area (Å²) < 4.78 is 4.12. The standard InChI is InChI=1S/2C5H8O3/c1-4(2)5(7)8-3-6;1-4(2-3-6)5(7)8/h6H,1,3H2,2H3;2,6H,3H2,1H3,(H,7,8). The maximum atomic E-state index is 10.3. The molecular weight excluding hydrogens is 216 g/mol. The Bertz CT molecular complexity index is 279. The van der Waals surface area contributed by atoms with Gasteiger partial charge in [0.25, 0.3) is 0 Å². The molecule has 0 saturated heterocycles. The van der Waals surface area contributed by atoms with Crippen molar-refractivity contribution in [3.05, 3.63) is 23.8 Å². The topological polar surface area (TPSA) is 104 Å². The second-order valence-electron chi connectivity index (χ2n) is 2.72. The van der Waals surface area contributed by atoms with Gasteiger partial charge in [-0.25, -0.2) is 9.59 Å². The first-order valence-corrected chi connectivity index (χ1v) is 4.31. The summed E-state index contributed by atoms with van der Waals surface area (Å²) in [6.45, 7) is 5.44. The number of carboxylic acids is 1. The van der Waals surface area contributed by atoms with E-state index in [4.69, 9.17) is 15.3 Å². The van der Waals surface area contributed by atoms with Crippen molar-refractivity contribution in [1.82, 2.24) is 0 Å². The predicted molar refractivity (Wildman–Crippen MR) is 56.5 cm³/mol. The van der Waals surface area contributed by atoms with E-state index in [2.05, 4.69) is 11.3 Å². The fraction of sp³-hybridized carbons (Fsp3) is 0.400. The zero-order chi connectivity index (χ0) is 13.1. The zero-order valence-electron chi connectivity index (χ0n) is 9.27. The molecule has 0 bridgehead atoms. The predicted octanol–water partition coefficient (Wildman–Crippen LogP) is 0.0651. The Morgan fingerprint density at radius 1 is 1.31 bits per heavy atom. The van der Waals surface area contributed by atoms with Crippen LogP contribution < -0.4 is 0 Å². The molecule has 0 aliphatic heterocycles. The highest BCUT2D eigenvalue weighted by Gasteiger charge is 1.98. The molecule has 0 aliphatic carbocycles. The quantitative estimate of drug-likeness (QED) is 0.360. The zero-order valence-corrected chi connectivity index (χ0v) is 9.27. The monoisotopic (exact) mass is 232 g/mol. The molecule has 0 aromatic rings. The Hall–Kier alpha value is -1.66. The third-order valence-electron chi connectivity index (χ3n) is 1.28. The second kappa shape index (κ2) is 9.88. The molecule has 92 valence electrons. The number of carbonyl (C=O) groups is 2. The number of ether oxygens (including phenoxy) is 1. The summed E-state index contributed by atoms with van der Waals surface area (Å²) in [7, 11) is 0. The van der Waals surface area contributed by atoms with Crippen LogP contribution in [0.2, 0.25) is 0 Å². The summed E-state index contributed by atoms with van der Waals surface area (Å²) in [5.74, 6) is -1.55. The molecule has 6 nitrogen and oxygen atoms in total. The number of carbonyl (C=O) groups excluding carboxylic acids is 1. The lowest BCUT2D eigenvalue weighted by molar-refractivity contribution is -0.146. The van der Waals surface area contributed by atoms with Crippen LogP contribution in [0.5, 0.6) is 0 Å². The average Bonchev–Trinajstić information content (AvgIpc) is 2.19. The Morgan fingerprint density at radius 2 is 1.81 bits per heavy atom. The number of rotatable bonds is 4. The molecular formula is C10H16O6. The fourth-order valence-corrected chi connectivity index (χ4v) is 0.406. The maximum absolute atomic E-state index is 10.3. The van der Waals surface area contributed by atoms with E-state index in [9.17, 15) is 9.59 Å². The number of aliphatic hydroxyl groups is 2. The average molecular weight is 232 g/mol. The first-order chi connectivity index (χ1) is 7.36. The third kappa shape index (κ3) is 10.4. The van der Waals surface area contributed by atoms with E-state index in [1.165, 1.54) is 19.9 Å². The smallest absolute Gasteiger partial charge is 0.335 e. The number of hydrogen-bond acceptors (Lipinski definition) is 5. The van der Waals surface area contributed by atoms with Crippen LogP contribution >= 0.6 is 0 Å². The molecule has 0 unspecified atom stereocenters. The minimum absolute atomic E-state index is 0.174. The molecule has 0 amide bonds.